The van der Waals surface area contributed by atoms with E-state index in [9.17, 15) is 13.6 Å². The van der Waals surface area contributed by atoms with Crippen molar-refractivity contribution < 1.29 is 18.7 Å². The Balaban J connectivity index is 2.38. The number of halogens is 2. The number of carbonyl (C=O) groups is 1. The number of nitrogens with zero attached hydrogens (tertiary/aromatic N) is 2. The minimum Gasteiger partial charge on any atom is -0.480 e. The summed E-state index contributed by atoms with van der Waals surface area (Å²) in [5, 5.41) is 8.95. The van der Waals surface area contributed by atoms with Gasteiger partial charge in [0.1, 0.15) is 5.82 Å². The summed E-state index contributed by atoms with van der Waals surface area (Å²) < 4.78 is 26.5. The summed E-state index contributed by atoms with van der Waals surface area (Å²) in [7, 11) is 3.53. The van der Waals surface area contributed by atoms with Crippen molar-refractivity contribution in [1.82, 2.24) is 4.98 Å². The first kappa shape index (κ1) is 11.8. The van der Waals surface area contributed by atoms with E-state index in [0.717, 1.165) is 0 Å². The molecule has 1 atom stereocenters. The van der Waals surface area contributed by atoms with E-state index < -0.39 is 23.7 Å². The van der Waals surface area contributed by atoms with Gasteiger partial charge in [-0.15, -0.1) is 0 Å². The molecule has 0 saturated heterocycles. The van der Waals surface area contributed by atoms with Crippen molar-refractivity contribution in [2.24, 2.45) is 0 Å². The lowest BCUT2D eigenvalue weighted by atomic mass is 9.97. The van der Waals surface area contributed by atoms with Crippen LogP contribution in [0.15, 0.2) is 18.3 Å². The largest absolute Gasteiger partial charge is 0.480 e. The quantitative estimate of drug-likeness (QED) is 0.872. The zero-order chi connectivity index (χ0) is 12.8. The molecule has 1 aliphatic carbocycles. The molecule has 0 bridgehead atoms. The molecule has 0 aromatic carbocycles. The molecular weight excluding hydrogens is 230 g/mol. The van der Waals surface area contributed by atoms with Gasteiger partial charge >= 0.3 is 5.97 Å². The number of carboxylic acid groups (broad SMARTS) is 1. The number of hydrogen-bond donors (Lipinski definition) is 1. The van der Waals surface area contributed by atoms with Gasteiger partial charge in [0, 0.05) is 26.7 Å². The van der Waals surface area contributed by atoms with Gasteiger partial charge < -0.3 is 10.0 Å². The van der Waals surface area contributed by atoms with Crippen LogP contribution in [0.5, 0.6) is 0 Å². The first-order valence-electron chi connectivity index (χ1n) is 5.06. The normalized spacial score (nSPS) is 25.4. The second kappa shape index (κ2) is 3.38. The highest BCUT2D eigenvalue weighted by Gasteiger charge is 2.77. The van der Waals surface area contributed by atoms with Crippen LogP contribution in [0.3, 0.4) is 0 Å². The lowest BCUT2D eigenvalue weighted by Crippen LogP contribution is -2.27. The van der Waals surface area contributed by atoms with Crippen molar-refractivity contribution in [3.05, 3.63) is 23.9 Å². The standard InChI is InChI=1S/C11H12F2N2O2/c1-15(2)8-4-3-7(5-14-8)10(9(16)17)6-11(10,12)13/h3-5H,6H2,1-2H3,(H,16,17). The van der Waals surface area contributed by atoms with Crippen LogP contribution in [0.2, 0.25) is 0 Å². The first-order valence-corrected chi connectivity index (χ1v) is 5.06. The zero-order valence-electron chi connectivity index (χ0n) is 9.44. The topological polar surface area (TPSA) is 53.4 Å². The molecule has 2 rings (SSSR count). The van der Waals surface area contributed by atoms with Gasteiger partial charge in [-0.05, 0) is 11.6 Å². The van der Waals surface area contributed by atoms with E-state index in [4.69, 9.17) is 5.11 Å². The molecule has 1 fully saturated rings. The molecule has 0 spiro atoms. The Kier molecular flexibility index (Phi) is 2.34. The number of rotatable bonds is 3. The summed E-state index contributed by atoms with van der Waals surface area (Å²) in [6, 6.07) is 2.94. The Labute approximate surface area is 96.9 Å². The highest BCUT2D eigenvalue weighted by molar-refractivity contribution is 5.87. The molecule has 1 aromatic heterocycles. The van der Waals surface area contributed by atoms with Crippen LogP contribution in [-0.4, -0.2) is 36.1 Å². The van der Waals surface area contributed by atoms with E-state index in [0.29, 0.717) is 5.82 Å². The van der Waals surface area contributed by atoms with Gasteiger partial charge in [0.2, 0.25) is 0 Å². The van der Waals surface area contributed by atoms with E-state index in [1.165, 1.54) is 18.3 Å². The maximum Gasteiger partial charge on any atom is 0.320 e. The Hall–Kier alpha value is -1.72. The monoisotopic (exact) mass is 242 g/mol. The fourth-order valence-electron chi connectivity index (χ4n) is 1.86. The van der Waals surface area contributed by atoms with Crippen LogP contribution in [0.25, 0.3) is 0 Å². The fourth-order valence-corrected chi connectivity index (χ4v) is 1.86. The summed E-state index contributed by atoms with van der Waals surface area (Å²) in [6.07, 6.45) is 0.558. The summed E-state index contributed by atoms with van der Waals surface area (Å²) in [4.78, 5) is 16.7. The molecule has 0 radical (unpaired) electrons. The van der Waals surface area contributed by atoms with Gasteiger partial charge in [-0.1, -0.05) is 6.07 Å². The minimum absolute atomic E-state index is 0.0561. The molecule has 0 aliphatic heterocycles. The molecular formula is C11H12F2N2O2. The van der Waals surface area contributed by atoms with Gasteiger partial charge in [-0.2, -0.15) is 0 Å². The van der Waals surface area contributed by atoms with E-state index in [1.54, 1.807) is 19.0 Å². The van der Waals surface area contributed by atoms with Crippen LogP contribution < -0.4 is 4.90 Å². The molecule has 1 saturated carbocycles. The summed E-state index contributed by atoms with van der Waals surface area (Å²) in [6.45, 7) is 0. The predicted molar refractivity (Wildman–Crippen MR) is 57.4 cm³/mol. The molecule has 1 N–H and O–H groups in total. The number of anilines is 1. The molecule has 1 unspecified atom stereocenters. The number of aromatic nitrogens is 1. The maximum absolute atomic E-state index is 13.2. The Morgan fingerprint density at radius 1 is 1.47 bits per heavy atom. The predicted octanol–water partition coefficient (Wildman–Crippen LogP) is 1.51. The van der Waals surface area contributed by atoms with Crippen molar-refractivity contribution in [3.8, 4) is 0 Å². The second-order valence-electron chi connectivity index (χ2n) is 4.39. The van der Waals surface area contributed by atoms with Crippen molar-refractivity contribution >= 4 is 11.8 Å². The first-order chi connectivity index (χ1) is 7.81. The van der Waals surface area contributed by atoms with Crippen LogP contribution in [-0.2, 0) is 10.2 Å². The number of hydrogen-bond acceptors (Lipinski definition) is 3. The molecule has 4 nitrogen and oxygen atoms in total. The van der Waals surface area contributed by atoms with Crippen molar-refractivity contribution in [1.29, 1.82) is 0 Å². The summed E-state index contributed by atoms with van der Waals surface area (Å²) >= 11 is 0. The number of carboxylic acids is 1. The molecule has 92 valence electrons. The van der Waals surface area contributed by atoms with Gasteiger partial charge in [0.25, 0.3) is 5.92 Å². The van der Waals surface area contributed by atoms with Gasteiger partial charge in [0.05, 0.1) is 0 Å². The molecule has 6 heteroatoms. The lowest BCUT2D eigenvalue weighted by Gasteiger charge is -2.14. The van der Waals surface area contributed by atoms with Gasteiger partial charge in [-0.3, -0.25) is 4.79 Å². The van der Waals surface area contributed by atoms with Crippen molar-refractivity contribution in [2.75, 3.05) is 19.0 Å². The Bertz CT molecular complexity index is 459. The highest BCUT2D eigenvalue weighted by Crippen LogP contribution is 2.61. The third-order valence-electron chi connectivity index (χ3n) is 3.05. The average molecular weight is 242 g/mol. The molecule has 1 aliphatic rings. The van der Waals surface area contributed by atoms with E-state index >= 15 is 0 Å². The highest BCUT2D eigenvalue weighted by atomic mass is 19.3. The van der Waals surface area contributed by atoms with Gasteiger partial charge in [0.15, 0.2) is 5.41 Å². The Morgan fingerprint density at radius 2 is 2.06 bits per heavy atom. The Morgan fingerprint density at radius 3 is 2.35 bits per heavy atom. The third kappa shape index (κ3) is 1.55. The van der Waals surface area contributed by atoms with Crippen LogP contribution in [0.4, 0.5) is 14.6 Å². The van der Waals surface area contributed by atoms with E-state index in [-0.39, 0.29) is 5.56 Å². The smallest absolute Gasteiger partial charge is 0.320 e. The lowest BCUT2D eigenvalue weighted by molar-refractivity contribution is -0.142. The maximum atomic E-state index is 13.2. The van der Waals surface area contributed by atoms with Crippen LogP contribution >= 0.6 is 0 Å². The van der Waals surface area contributed by atoms with E-state index in [2.05, 4.69) is 4.98 Å². The fraction of sp³-hybridized carbons (Fsp3) is 0.455. The number of pyridine rings is 1. The summed E-state index contributed by atoms with van der Waals surface area (Å²) in [5.74, 6) is -4.08. The molecule has 1 heterocycles. The van der Waals surface area contributed by atoms with Crippen LogP contribution in [0.1, 0.15) is 12.0 Å². The average Bonchev–Trinajstić information content (AvgIpc) is 2.83. The van der Waals surface area contributed by atoms with Gasteiger partial charge in [-0.25, -0.2) is 13.8 Å². The number of alkyl halides is 2. The summed E-state index contributed by atoms with van der Waals surface area (Å²) in [5.41, 5.74) is -2.02. The number of aliphatic carboxylic acids is 1. The van der Waals surface area contributed by atoms with Crippen LogP contribution in [0, 0.1) is 0 Å². The molecule has 1 aromatic rings. The van der Waals surface area contributed by atoms with Crippen molar-refractivity contribution in [3.63, 3.8) is 0 Å². The second-order valence-corrected chi connectivity index (χ2v) is 4.39. The molecule has 0 amide bonds. The van der Waals surface area contributed by atoms with Crippen molar-refractivity contribution in [2.45, 2.75) is 17.8 Å². The molecule has 17 heavy (non-hydrogen) atoms. The third-order valence-corrected chi connectivity index (χ3v) is 3.05. The zero-order valence-corrected chi connectivity index (χ0v) is 9.44. The minimum atomic E-state index is -3.18. The SMILES string of the molecule is CN(C)c1ccc(C2(C(=O)O)CC2(F)F)cn1. The van der Waals surface area contributed by atoms with E-state index in [1.807, 2.05) is 0 Å².